The molecule has 2 aliphatic carbocycles. The number of rotatable bonds is 4. The van der Waals surface area contributed by atoms with E-state index in [1.54, 1.807) is 0 Å². The van der Waals surface area contributed by atoms with Gasteiger partial charge in [0.15, 0.2) is 11.5 Å². The van der Waals surface area contributed by atoms with Crippen molar-refractivity contribution in [2.24, 2.45) is 0 Å². The first-order chi connectivity index (χ1) is 10.9. The number of benzene rings is 1. The summed E-state index contributed by atoms with van der Waals surface area (Å²) in [5.41, 5.74) is 3.79. The molecule has 1 atom stereocenters. The lowest BCUT2D eigenvalue weighted by atomic mass is 9.78. The molecule has 0 aliphatic heterocycles. The molecule has 0 spiro atoms. The molecule has 0 amide bonds. The molecule has 1 aromatic carbocycles. The summed E-state index contributed by atoms with van der Waals surface area (Å²) >= 11 is 0. The minimum atomic E-state index is 0.552. The Hall–Kier alpha value is -2.43. The van der Waals surface area contributed by atoms with Crippen LogP contribution < -0.4 is 5.32 Å². The van der Waals surface area contributed by atoms with E-state index in [2.05, 4.69) is 44.9 Å². The molecule has 2 heterocycles. The molecule has 1 N–H and O–H groups in total. The summed E-state index contributed by atoms with van der Waals surface area (Å²) in [6, 6.07) is 12.7. The zero-order valence-corrected chi connectivity index (χ0v) is 12.2. The topological polar surface area (TPSA) is 55.1 Å². The number of fused-ring (bicyclic) bond motifs is 2. The van der Waals surface area contributed by atoms with Gasteiger partial charge < -0.3 is 5.32 Å². The first kappa shape index (κ1) is 12.1. The van der Waals surface area contributed by atoms with Crippen molar-refractivity contribution in [2.45, 2.75) is 31.1 Å². The van der Waals surface area contributed by atoms with Gasteiger partial charge in [0.05, 0.1) is 0 Å². The Kier molecular flexibility index (Phi) is 2.50. The van der Waals surface area contributed by atoms with Crippen LogP contribution in [0.2, 0.25) is 0 Å². The number of nitrogens with one attached hydrogen (secondary N) is 1. The lowest BCUT2D eigenvalue weighted by Crippen LogP contribution is -2.24. The van der Waals surface area contributed by atoms with Crippen molar-refractivity contribution in [3.8, 4) is 0 Å². The van der Waals surface area contributed by atoms with E-state index >= 15 is 0 Å². The largest absolute Gasteiger partial charge is 0.368 e. The first-order valence-corrected chi connectivity index (χ1v) is 7.92. The summed E-state index contributed by atoms with van der Waals surface area (Å²) in [4.78, 5) is 0. The van der Waals surface area contributed by atoms with Crippen LogP contribution in [0, 0.1) is 0 Å². The van der Waals surface area contributed by atoms with Gasteiger partial charge in [-0.25, -0.2) is 0 Å². The maximum absolute atomic E-state index is 4.66. The fraction of sp³-hybridized carbons (Fsp3) is 0.353. The monoisotopic (exact) mass is 291 g/mol. The molecule has 0 radical (unpaired) electrons. The van der Waals surface area contributed by atoms with Crippen LogP contribution in [0.1, 0.15) is 41.6 Å². The fourth-order valence-corrected chi connectivity index (χ4v) is 3.27. The van der Waals surface area contributed by atoms with Gasteiger partial charge in [-0.05, 0) is 42.5 Å². The lowest BCUT2D eigenvalue weighted by molar-refractivity contribution is 0.633. The highest BCUT2D eigenvalue weighted by Crippen LogP contribution is 2.39. The van der Waals surface area contributed by atoms with Gasteiger partial charge in [-0.3, -0.25) is 0 Å². The molecule has 5 nitrogen and oxygen atoms in total. The molecule has 0 saturated heterocycles. The predicted molar refractivity (Wildman–Crippen MR) is 84.1 cm³/mol. The van der Waals surface area contributed by atoms with Gasteiger partial charge in [0.25, 0.3) is 0 Å². The standard InChI is InChI=1S/C17H17N5/c1-2-4-14-12(3-1)9-13(14)10-18-15-7-8-16-19-20-17(11-5-6-11)22(16)21-15/h1-4,7-8,11,13H,5-6,9-10H2,(H,18,21)/t13-/m1/s1. The second-order valence-corrected chi connectivity index (χ2v) is 6.30. The molecule has 0 unspecified atom stereocenters. The van der Waals surface area contributed by atoms with Crippen LogP contribution >= 0.6 is 0 Å². The Bertz CT molecular complexity index is 849. The van der Waals surface area contributed by atoms with Gasteiger partial charge in [-0.2, -0.15) is 4.52 Å². The lowest BCUT2D eigenvalue weighted by Gasteiger charge is -2.30. The minimum absolute atomic E-state index is 0.552. The number of hydrogen-bond donors (Lipinski definition) is 1. The van der Waals surface area contributed by atoms with Crippen molar-refractivity contribution >= 4 is 11.5 Å². The molecule has 3 aromatic rings. The number of nitrogens with zero attached hydrogens (tertiary/aromatic N) is 4. The molecule has 2 aliphatic rings. The molecule has 2 aromatic heterocycles. The zero-order valence-electron chi connectivity index (χ0n) is 12.2. The average Bonchev–Trinajstić information content (AvgIpc) is 3.28. The summed E-state index contributed by atoms with van der Waals surface area (Å²) in [6.07, 6.45) is 3.57. The summed E-state index contributed by atoms with van der Waals surface area (Å²) < 4.78 is 1.90. The maximum Gasteiger partial charge on any atom is 0.178 e. The summed E-state index contributed by atoms with van der Waals surface area (Å²) in [7, 11) is 0. The van der Waals surface area contributed by atoms with Crippen LogP contribution in [-0.2, 0) is 6.42 Å². The van der Waals surface area contributed by atoms with E-state index in [0.29, 0.717) is 11.8 Å². The van der Waals surface area contributed by atoms with Crippen molar-refractivity contribution < 1.29 is 0 Å². The van der Waals surface area contributed by atoms with Gasteiger partial charge in [0.1, 0.15) is 5.82 Å². The fourth-order valence-electron chi connectivity index (χ4n) is 3.27. The van der Waals surface area contributed by atoms with Crippen molar-refractivity contribution in [3.63, 3.8) is 0 Å². The second-order valence-electron chi connectivity index (χ2n) is 6.30. The Labute approximate surface area is 128 Å². The first-order valence-electron chi connectivity index (χ1n) is 7.92. The Morgan fingerprint density at radius 1 is 1.09 bits per heavy atom. The highest BCUT2D eigenvalue weighted by atomic mass is 15.4. The SMILES string of the molecule is c1ccc2c(c1)C[C@@H]2CNc1ccc2nnc(C3CC3)n2n1. The summed E-state index contributed by atoms with van der Waals surface area (Å²) in [6.45, 7) is 0.927. The molecule has 1 fully saturated rings. The quantitative estimate of drug-likeness (QED) is 0.803. The predicted octanol–water partition coefficient (Wildman–Crippen LogP) is 2.75. The van der Waals surface area contributed by atoms with Gasteiger partial charge in [-0.15, -0.1) is 15.3 Å². The number of anilines is 1. The van der Waals surface area contributed by atoms with Crippen LogP contribution in [0.5, 0.6) is 0 Å². The van der Waals surface area contributed by atoms with Gasteiger partial charge >= 0.3 is 0 Å². The van der Waals surface area contributed by atoms with Crippen LogP contribution in [0.25, 0.3) is 5.65 Å². The Morgan fingerprint density at radius 3 is 2.86 bits per heavy atom. The van der Waals surface area contributed by atoms with Crippen LogP contribution in [0.4, 0.5) is 5.82 Å². The Balaban J connectivity index is 1.35. The van der Waals surface area contributed by atoms with E-state index in [1.165, 1.54) is 24.0 Å². The molecule has 1 saturated carbocycles. The third-order valence-electron chi connectivity index (χ3n) is 4.72. The number of aromatic nitrogens is 4. The molecular weight excluding hydrogens is 274 g/mol. The molecule has 110 valence electrons. The third kappa shape index (κ3) is 1.89. The molecule has 5 rings (SSSR count). The van der Waals surface area contributed by atoms with Crippen molar-refractivity contribution in [2.75, 3.05) is 11.9 Å². The molecule has 0 bridgehead atoms. The smallest absolute Gasteiger partial charge is 0.178 e. The molecule has 22 heavy (non-hydrogen) atoms. The Morgan fingerprint density at radius 2 is 2.00 bits per heavy atom. The van der Waals surface area contributed by atoms with E-state index in [4.69, 9.17) is 0 Å². The highest BCUT2D eigenvalue weighted by Gasteiger charge is 2.29. The highest BCUT2D eigenvalue weighted by molar-refractivity contribution is 5.46. The molecular formula is C17H17N5. The third-order valence-corrected chi connectivity index (χ3v) is 4.72. The van der Waals surface area contributed by atoms with Gasteiger partial charge in [0.2, 0.25) is 0 Å². The normalized spacial score (nSPS) is 19.7. The summed E-state index contributed by atoms with van der Waals surface area (Å²) in [5, 5.41) is 16.6. The molecule has 5 heteroatoms. The van der Waals surface area contributed by atoms with Crippen LogP contribution in [-0.4, -0.2) is 26.4 Å². The zero-order chi connectivity index (χ0) is 14.5. The second kappa shape index (κ2) is 4.53. The van der Waals surface area contributed by atoms with E-state index in [1.807, 2.05) is 16.6 Å². The number of hydrogen-bond acceptors (Lipinski definition) is 4. The van der Waals surface area contributed by atoms with Crippen molar-refractivity contribution in [3.05, 3.63) is 53.3 Å². The van der Waals surface area contributed by atoms with Crippen molar-refractivity contribution in [1.82, 2.24) is 19.8 Å². The van der Waals surface area contributed by atoms with Crippen molar-refractivity contribution in [1.29, 1.82) is 0 Å². The van der Waals surface area contributed by atoms with Crippen LogP contribution in [0.15, 0.2) is 36.4 Å². The average molecular weight is 291 g/mol. The van der Waals surface area contributed by atoms with Gasteiger partial charge in [-0.1, -0.05) is 24.3 Å². The van der Waals surface area contributed by atoms with E-state index in [9.17, 15) is 0 Å². The summed E-state index contributed by atoms with van der Waals surface area (Å²) in [5.74, 6) is 3.06. The van der Waals surface area contributed by atoms with Gasteiger partial charge in [0, 0.05) is 18.4 Å². The van der Waals surface area contributed by atoms with E-state index in [0.717, 1.165) is 30.3 Å². The maximum atomic E-state index is 4.66. The van der Waals surface area contributed by atoms with E-state index < -0.39 is 0 Å². The van der Waals surface area contributed by atoms with Crippen LogP contribution in [0.3, 0.4) is 0 Å². The van der Waals surface area contributed by atoms with E-state index in [-0.39, 0.29) is 0 Å². The minimum Gasteiger partial charge on any atom is -0.368 e.